The van der Waals surface area contributed by atoms with E-state index in [9.17, 15) is 30.7 Å². The normalized spacial score (nSPS) is 13.1. The third-order valence-corrected chi connectivity index (χ3v) is 4.10. The topological polar surface area (TPSA) is 62.2 Å². The fraction of sp³-hybridized carbons (Fsp3) is 0.105. The van der Waals surface area contributed by atoms with Crippen molar-refractivity contribution in [1.29, 1.82) is 0 Å². The van der Waals surface area contributed by atoms with E-state index < -0.39 is 41.6 Å². The number of nitrogens with one attached hydrogen (secondary N) is 2. The van der Waals surface area contributed by atoms with Crippen molar-refractivity contribution in [3.8, 4) is 0 Å². The van der Waals surface area contributed by atoms with Crippen LogP contribution in [0, 0.1) is 23.3 Å². The number of aromatic nitrogens is 2. The Hall–Kier alpha value is -3.70. The molecule has 3 aromatic rings. The predicted octanol–water partition coefficient (Wildman–Crippen LogP) is 5.71. The molecule has 2 aromatic carbocycles. The molecule has 1 aromatic heterocycles. The maximum Gasteiger partial charge on any atom is 0.429 e. The number of benzene rings is 2. The number of nitrogens with zero attached hydrogens (tertiary/aromatic N) is 3. The van der Waals surface area contributed by atoms with Gasteiger partial charge in [0, 0.05) is 29.9 Å². The van der Waals surface area contributed by atoms with Gasteiger partial charge in [-0.3, -0.25) is 0 Å². The second kappa shape index (κ2) is 7.52. The Kier molecular flexibility index (Phi) is 4.99. The second-order valence-electron chi connectivity index (χ2n) is 6.49. The summed E-state index contributed by atoms with van der Waals surface area (Å²) in [5.41, 5.74) is -1.50. The molecule has 0 spiro atoms. The molecular formula is C19H10F7N5. The minimum absolute atomic E-state index is 0.116. The van der Waals surface area contributed by atoms with Gasteiger partial charge in [0.2, 0.25) is 0 Å². The van der Waals surface area contributed by atoms with Gasteiger partial charge in [-0.15, -0.1) is 0 Å². The molecule has 31 heavy (non-hydrogen) atoms. The molecule has 1 aliphatic rings. The minimum atomic E-state index is -4.71. The molecule has 2 heterocycles. The molecule has 0 aliphatic carbocycles. The van der Waals surface area contributed by atoms with Crippen LogP contribution in [0.2, 0.25) is 0 Å². The van der Waals surface area contributed by atoms with Crippen LogP contribution in [0.1, 0.15) is 5.69 Å². The molecule has 0 saturated heterocycles. The molecule has 0 fully saturated rings. The summed E-state index contributed by atoms with van der Waals surface area (Å²) >= 11 is 0. The van der Waals surface area contributed by atoms with Crippen molar-refractivity contribution < 1.29 is 30.7 Å². The van der Waals surface area contributed by atoms with Gasteiger partial charge in [-0.1, -0.05) is 0 Å². The molecule has 0 atom stereocenters. The first kappa shape index (κ1) is 20.6. The summed E-state index contributed by atoms with van der Waals surface area (Å²) in [6, 6.07) is 4.90. The summed E-state index contributed by atoms with van der Waals surface area (Å²) in [5.74, 6) is -4.51. The lowest BCUT2D eigenvalue weighted by molar-refractivity contribution is -0.0597. The van der Waals surface area contributed by atoms with Crippen LogP contribution in [-0.2, 0) is 6.42 Å². The number of aliphatic imine (C=N–C) groups is 1. The lowest BCUT2D eigenvalue weighted by Gasteiger charge is -2.14. The molecule has 4 rings (SSSR count). The summed E-state index contributed by atoms with van der Waals surface area (Å²) < 4.78 is 93.1. The van der Waals surface area contributed by atoms with Crippen molar-refractivity contribution in [2.45, 2.75) is 12.6 Å². The number of rotatable bonds is 4. The van der Waals surface area contributed by atoms with Gasteiger partial charge in [0.1, 0.15) is 29.0 Å². The summed E-state index contributed by atoms with van der Waals surface area (Å²) in [5, 5.41) is 5.08. The average molecular weight is 441 g/mol. The molecule has 0 bridgehead atoms. The number of fused-ring (bicyclic) bond motifs is 1. The van der Waals surface area contributed by atoms with Gasteiger partial charge < -0.3 is 10.6 Å². The number of hydrogen-bond donors (Lipinski definition) is 2. The Morgan fingerprint density at radius 1 is 0.677 bits per heavy atom. The van der Waals surface area contributed by atoms with Gasteiger partial charge in [0.05, 0.1) is 5.69 Å². The van der Waals surface area contributed by atoms with Crippen LogP contribution in [0.4, 0.5) is 59.6 Å². The summed E-state index contributed by atoms with van der Waals surface area (Å²) in [7, 11) is 0. The van der Waals surface area contributed by atoms with Crippen molar-refractivity contribution >= 4 is 34.5 Å². The Labute approximate surface area is 169 Å². The molecule has 160 valence electrons. The Morgan fingerprint density at radius 2 is 1.13 bits per heavy atom. The molecule has 0 amide bonds. The largest absolute Gasteiger partial charge is 0.429 e. The lowest BCUT2D eigenvalue weighted by Crippen LogP contribution is -2.22. The van der Waals surface area contributed by atoms with Crippen LogP contribution >= 0.6 is 0 Å². The van der Waals surface area contributed by atoms with Crippen LogP contribution in [0.3, 0.4) is 0 Å². The van der Waals surface area contributed by atoms with Crippen LogP contribution < -0.4 is 10.6 Å². The van der Waals surface area contributed by atoms with Crippen molar-refractivity contribution in [3.05, 3.63) is 65.4 Å². The molecule has 0 unspecified atom stereocenters. The summed E-state index contributed by atoms with van der Waals surface area (Å²) in [4.78, 5) is 11.4. The molecule has 12 heteroatoms. The average Bonchev–Trinajstić information content (AvgIpc) is 3.03. The Bertz CT molecular complexity index is 1170. The third kappa shape index (κ3) is 4.57. The number of halogens is 7. The van der Waals surface area contributed by atoms with E-state index in [0.29, 0.717) is 12.1 Å². The molecule has 1 aliphatic heterocycles. The van der Waals surface area contributed by atoms with Crippen molar-refractivity contribution in [1.82, 2.24) is 9.97 Å². The Morgan fingerprint density at radius 3 is 1.58 bits per heavy atom. The Balaban J connectivity index is 1.77. The maximum absolute atomic E-state index is 13.5. The van der Waals surface area contributed by atoms with Gasteiger partial charge >= 0.3 is 6.18 Å². The standard InChI is InChI=1S/C19H10F7N5/c20-8-1-9(21)4-12(3-8)27-17-18(28-13-5-10(22)2-11(23)6-13)31-16-14(29-17)7-15(30-16)19(24,25)26/h1-6H,7H2,(H,27,29)(H,28,31). The van der Waals surface area contributed by atoms with Gasteiger partial charge in [-0.2, -0.15) is 13.2 Å². The highest BCUT2D eigenvalue weighted by Gasteiger charge is 2.40. The zero-order chi connectivity index (χ0) is 22.3. The zero-order valence-corrected chi connectivity index (χ0v) is 15.2. The van der Waals surface area contributed by atoms with Gasteiger partial charge in [-0.05, 0) is 24.3 Å². The van der Waals surface area contributed by atoms with Crippen molar-refractivity contribution in [2.24, 2.45) is 4.99 Å². The minimum Gasteiger partial charge on any atom is -0.337 e. The fourth-order valence-electron chi connectivity index (χ4n) is 2.86. The van der Waals surface area contributed by atoms with Crippen molar-refractivity contribution in [2.75, 3.05) is 10.6 Å². The highest BCUT2D eigenvalue weighted by Crippen LogP contribution is 2.35. The molecular weight excluding hydrogens is 431 g/mol. The van der Waals surface area contributed by atoms with E-state index >= 15 is 0 Å². The van der Waals surface area contributed by atoms with E-state index in [1.165, 1.54) is 0 Å². The van der Waals surface area contributed by atoms with Crippen LogP contribution in [-0.4, -0.2) is 21.9 Å². The summed E-state index contributed by atoms with van der Waals surface area (Å²) in [6.07, 6.45) is -5.37. The van der Waals surface area contributed by atoms with E-state index in [-0.39, 0.29) is 34.5 Å². The quantitative estimate of drug-likeness (QED) is 0.509. The predicted molar refractivity (Wildman–Crippen MR) is 98.2 cm³/mol. The van der Waals surface area contributed by atoms with Crippen LogP contribution in [0.25, 0.3) is 0 Å². The highest BCUT2D eigenvalue weighted by molar-refractivity contribution is 5.97. The molecule has 5 nitrogen and oxygen atoms in total. The van der Waals surface area contributed by atoms with Gasteiger partial charge in [0.25, 0.3) is 0 Å². The lowest BCUT2D eigenvalue weighted by atomic mass is 10.2. The highest BCUT2D eigenvalue weighted by atomic mass is 19.4. The first-order valence-electron chi connectivity index (χ1n) is 8.59. The number of alkyl halides is 3. The van der Waals surface area contributed by atoms with Crippen LogP contribution in [0.15, 0.2) is 41.4 Å². The van der Waals surface area contributed by atoms with Crippen molar-refractivity contribution in [3.63, 3.8) is 0 Å². The van der Waals surface area contributed by atoms with E-state index in [2.05, 4.69) is 25.6 Å². The summed E-state index contributed by atoms with van der Waals surface area (Å²) in [6.45, 7) is 0. The zero-order valence-electron chi connectivity index (χ0n) is 15.2. The number of anilines is 4. The van der Waals surface area contributed by atoms with Crippen LogP contribution in [0.5, 0.6) is 0 Å². The number of hydrogen-bond acceptors (Lipinski definition) is 5. The maximum atomic E-state index is 13.5. The van der Waals surface area contributed by atoms with E-state index in [1.807, 2.05) is 0 Å². The first-order chi connectivity index (χ1) is 14.6. The second-order valence-corrected chi connectivity index (χ2v) is 6.49. The monoisotopic (exact) mass is 441 g/mol. The molecule has 0 radical (unpaired) electrons. The van der Waals surface area contributed by atoms with E-state index in [4.69, 9.17) is 0 Å². The van der Waals surface area contributed by atoms with Gasteiger partial charge in [0.15, 0.2) is 17.5 Å². The van der Waals surface area contributed by atoms with Gasteiger partial charge in [-0.25, -0.2) is 32.5 Å². The molecule has 2 N–H and O–H groups in total. The van der Waals surface area contributed by atoms with E-state index in [1.54, 1.807) is 0 Å². The molecule has 0 saturated carbocycles. The third-order valence-electron chi connectivity index (χ3n) is 4.10. The SMILES string of the molecule is Fc1cc(F)cc(Nc2nc3c(nc2Nc2cc(F)cc(F)c2)N=C(C(F)(F)F)C3)c1. The first-order valence-corrected chi connectivity index (χ1v) is 8.59. The van der Waals surface area contributed by atoms with E-state index in [0.717, 1.165) is 24.3 Å². The fourth-order valence-corrected chi connectivity index (χ4v) is 2.86. The smallest absolute Gasteiger partial charge is 0.337 e.